The van der Waals surface area contributed by atoms with Crippen LogP contribution in [0.25, 0.3) is 0 Å². The Labute approximate surface area is 181 Å². The summed E-state index contributed by atoms with van der Waals surface area (Å²) >= 11 is 5.38. The fourth-order valence-electron chi connectivity index (χ4n) is 2.28. The molecule has 0 rings (SSSR count). The SMILES string of the molecule is CSCCC(NC(=O)C(N)CCCCN)C(=O)NC(C)C(=O)NC(CS)C(=O)O. The van der Waals surface area contributed by atoms with Crippen LogP contribution < -0.4 is 27.4 Å². The van der Waals surface area contributed by atoms with E-state index in [9.17, 15) is 19.2 Å². The van der Waals surface area contributed by atoms with Gasteiger partial charge in [0.2, 0.25) is 17.7 Å². The molecular formula is C17H33N5O5S2. The summed E-state index contributed by atoms with van der Waals surface area (Å²) in [5.41, 5.74) is 11.3. The van der Waals surface area contributed by atoms with Gasteiger partial charge in [-0.2, -0.15) is 24.4 Å². The van der Waals surface area contributed by atoms with E-state index in [1.807, 2.05) is 6.26 Å². The minimum atomic E-state index is -1.22. The Bertz CT molecular complexity index is 552. The predicted octanol–water partition coefficient (Wildman–Crippen LogP) is -1.32. The van der Waals surface area contributed by atoms with Crippen LogP contribution in [0, 0.1) is 0 Å². The zero-order valence-corrected chi connectivity index (χ0v) is 18.6. The van der Waals surface area contributed by atoms with Crippen molar-refractivity contribution >= 4 is 48.1 Å². The van der Waals surface area contributed by atoms with Crippen molar-refractivity contribution < 1.29 is 24.3 Å². The predicted molar refractivity (Wildman–Crippen MR) is 117 cm³/mol. The number of rotatable bonds is 15. The largest absolute Gasteiger partial charge is 0.480 e. The highest BCUT2D eigenvalue weighted by Gasteiger charge is 2.27. The van der Waals surface area contributed by atoms with Crippen molar-refractivity contribution in [3.8, 4) is 0 Å². The molecule has 0 radical (unpaired) electrons. The molecule has 4 unspecified atom stereocenters. The summed E-state index contributed by atoms with van der Waals surface area (Å²) in [6.45, 7) is 1.94. The first-order chi connectivity index (χ1) is 13.7. The monoisotopic (exact) mass is 451 g/mol. The molecule has 0 aromatic carbocycles. The number of nitrogens with two attached hydrogens (primary N) is 2. The number of thioether (sulfide) groups is 1. The van der Waals surface area contributed by atoms with Crippen molar-refractivity contribution in [1.82, 2.24) is 16.0 Å². The summed E-state index contributed by atoms with van der Waals surface area (Å²) in [6, 6.07) is -3.76. The van der Waals surface area contributed by atoms with E-state index in [-0.39, 0.29) is 5.75 Å². The molecule has 0 aromatic rings. The summed E-state index contributed by atoms with van der Waals surface area (Å²) in [6.07, 6.45) is 4.15. The van der Waals surface area contributed by atoms with E-state index >= 15 is 0 Å². The molecule has 0 heterocycles. The standard InChI is InChI=1S/C17H33N5O5S2/c1-10(14(23)22-13(9-28)17(26)27)20-16(25)12(6-8-29-2)21-15(24)11(19)5-3-4-7-18/h10-13,28H,3-9,18-19H2,1-2H3,(H,20,25)(H,21,24)(H,22,23)(H,26,27). The lowest BCUT2D eigenvalue weighted by Crippen LogP contribution is -2.56. The number of carbonyl (C=O) groups is 4. The number of aliphatic carboxylic acids is 1. The van der Waals surface area contributed by atoms with Crippen molar-refractivity contribution in [2.75, 3.05) is 24.3 Å². The molecule has 0 aliphatic carbocycles. The average molecular weight is 452 g/mol. The van der Waals surface area contributed by atoms with E-state index in [0.717, 1.165) is 6.42 Å². The molecule has 0 aromatic heterocycles. The molecule has 0 aliphatic rings. The lowest BCUT2D eigenvalue weighted by atomic mass is 10.1. The van der Waals surface area contributed by atoms with Crippen LogP contribution in [0.4, 0.5) is 0 Å². The third kappa shape index (κ3) is 11.3. The molecule has 168 valence electrons. The van der Waals surface area contributed by atoms with E-state index in [2.05, 4.69) is 28.6 Å². The lowest BCUT2D eigenvalue weighted by molar-refractivity contribution is -0.141. The van der Waals surface area contributed by atoms with Crippen LogP contribution >= 0.6 is 24.4 Å². The molecular weight excluding hydrogens is 418 g/mol. The maximum absolute atomic E-state index is 12.6. The highest BCUT2D eigenvalue weighted by atomic mass is 32.2. The van der Waals surface area contributed by atoms with Gasteiger partial charge in [0.25, 0.3) is 0 Å². The molecule has 29 heavy (non-hydrogen) atoms. The summed E-state index contributed by atoms with van der Waals surface area (Å²) in [5, 5.41) is 16.4. The van der Waals surface area contributed by atoms with Gasteiger partial charge in [-0.05, 0) is 44.7 Å². The van der Waals surface area contributed by atoms with Crippen molar-refractivity contribution in [2.24, 2.45) is 11.5 Å². The average Bonchev–Trinajstić information content (AvgIpc) is 2.68. The number of hydrogen-bond acceptors (Lipinski definition) is 8. The second-order valence-electron chi connectivity index (χ2n) is 6.55. The van der Waals surface area contributed by atoms with E-state index in [4.69, 9.17) is 16.6 Å². The topological polar surface area (TPSA) is 177 Å². The number of nitrogens with one attached hydrogen (secondary N) is 3. The molecule has 0 saturated carbocycles. The number of carboxylic acid groups (broad SMARTS) is 1. The smallest absolute Gasteiger partial charge is 0.327 e. The third-order valence-corrected chi connectivity index (χ3v) is 5.11. The van der Waals surface area contributed by atoms with Gasteiger partial charge in [0.05, 0.1) is 6.04 Å². The molecule has 0 saturated heterocycles. The van der Waals surface area contributed by atoms with Crippen molar-refractivity contribution in [1.29, 1.82) is 0 Å². The number of unbranched alkanes of at least 4 members (excludes halogenated alkanes) is 1. The summed E-state index contributed by atoms with van der Waals surface area (Å²) in [4.78, 5) is 48.0. The van der Waals surface area contributed by atoms with Gasteiger partial charge in [0.1, 0.15) is 18.1 Å². The van der Waals surface area contributed by atoms with E-state index < -0.39 is 47.9 Å². The molecule has 10 nitrogen and oxygen atoms in total. The van der Waals surface area contributed by atoms with Crippen molar-refractivity contribution in [2.45, 2.75) is 56.8 Å². The minimum Gasteiger partial charge on any atom is -0.480 e. The quantitative estimate of drug-likeness (QED) is 0.118. The number of amides is 3. The summed E-state index contributed by atoms with van der Waals surface area (Å²) in [7, 11) is 0. The molecule has 3 amide bonds. The Morgan fingerprint density at radius 1 is 1.00 bits per heavy atom. The highest BCUT2D eigenvalue weighted by molar-refractivity contribution is 7.98. The fraction of sp³-hybridized carbons (Fsp3) is 0.765. The van der Waals surface area contributed by atoms with Gasteiger partial charge in [-0.15, -0.1) is 0 Å². The second kappa shape index (κ2) is 15.4. The Hall–Kier alpha value is -1.50. The van der Waals surface area contributed by atoms with Gasteiger partial charge >= 0.3 is 5.97 Å². The highest BCUT2D eigenvalue weighted by Crippen LogP contribution is 2.04. The van der Waals surface area contributed by atoms with Gasteiger partial charge < -0.3 is 32.5 Å². The van der Waals surface area contributed by atoms with E-state index in [0.29, 0.717) is 31.6 Å². The first-order valence-electron chi connectivity index (χ1n) is 9.37. The molecule has 0 fully saturated rings. The molecule has 0 aliphatic heterocycles. The maximum atomic E-state index is 12.6. The zero-order valence-electron chi connectivity index (χ0n) is 16.8. The Kier molecular flexibility index (Phi) is 14.6. The fourth-order valence-corrected chi connectivity index (χ4v) is 3.00. The molecule has 12 heteroatoms. The second-order valence-corrected chi connectivity index (χ2v) is 7.90. The van der Waals surface area contributed by atoms with E-state index in [1.165, 1.54) is 18.7 Å². The number of carbonyl (C=O) groups excluding carboxylic acids is 3. The van der Waals surface area contributed by atoms with E-state index in [1.54, 1.807) is 0 Å². The molecule has 0 bridgehead atoms. The zero-order chi connectivity index (χ0) is 22.4. The van der Waals surface area contributed by atoms with Gasteiger partial charge in [-0.3, -0.25) is 14.4 Å². The Balaban J connectivity index is 4.86. The minimum absolute atomic E-state index is 0.0871. The Morgan fingerprint density at radius 2 is 1.62 bits per heavy atom. The van der Waals surface area contributed by atoms with Crippen LogP contribution in [0.3, 0.4) is 0 Å². The summed E-state index contributed by atoms with van der Waals surface area (Å²) in [5.74, 6) is -2.34. The third-order valence-electron chi connectivity index (χ3n) is 4.10. The Morgan fingerprint density at radius 3 is 2.14 bits per heavy atom. The van der Waals surface area contributed by atoms with Crippen molar-refractivity contribution in [3.63, 3.8) is 0 Å². The summed E-state index contributed by atoms with van der Waals surface area (Å²) < 4.78 is 0. The first kappa shape index (κ1) is 27.5. The van der Waals surface area contributed by atoms with Crippen molar-refractivity contribution in [3.05, 3.63) is 0 Å². The number of hydrogen-bond donors (Lipinski definition) is 7. The first-order valence-corrected chi connectivity index (χ1v) is 11.4. The lowest BCUT2D eigenvalue weighted by Gasteiger charge is -2.23. The molecule has 4 atom stereocenters. The van der Waals surface area contributed by atoms with Crippen LogP contribution in [0.1, 0.15) is 32.6 Å². The van der Waals surface area contributed by atoms with Crippen LogP contribution in [-0.2, 0) is 19.2 Å². The van der Waals surface area contributed by atoms with Crippen LogP contribution in [-0.4, -0.2) is 77.3 Å². The molecule has 0 spiro atoms. The number of carboxylic acids is 1. The number of thiol groups is 1. The van der Waals surface area contributed by atoms with Gasteiger partial charge in [0.15, 0.2) is 0 Å². The molecule has 8 N–H and O–H groups in total. The van der Waals surface area contributed by atoms with Gasteiger partial charge in [-0.25, -0.2) is 4.79 Å². The van der Waals surface area contributed by atoms with Crippen LogP contribution in [0.2, 0.25) is 0 Å². The van der Waals surface area contributed by atoms with Crippen LogP contribution in [0.15, 0.2) is 0 Å². The van der Waals surface area contributed by atoms with Gasteiger partial charge in [-0.1, -0.05) is 6.42 Å². The maximum Gasteiger partial charge on any atom is 0.327 e. The van der Waals surface area contributed by atoms with Crippen LogP contribution in [0.5, 0.6) is 0 Å². The van der Waals surface area contributed by atoms with Gasteiger partial charge in [0, 0.05) is 5.75 Å². The normalized spacial score (nSPS) is 14.9.